The summed E-state index contributed by atoms with van der Waals surface area (Å²) in [6.45, 7) is 0.290. The van der Waals surface area contributed by atoms with Gasteiger partial charge < -0.3 is 10.4 Å². The van der Waals surface area contributed by atoms with Crippen LogP contribution >= 0.6 is 0 Å². The first-order chi connectivity index (χ1) is 13.6. The summed E-state index contributed by atoms with van der Waals surface area (Å²) in [7, 11) is 0. The number of aliphatic hydroxyl groups is 1. The van der Waals surface area contributed by atoms with Gasteiger partial charge in [-0.15, -0.1) is 10.2 Å². The van der Waals surface area contributed by atoms with Crippen molar-refractivity contribution in [3.8, 4) is 11.3 Å². The molecule has 7 heteroatoms. The highest BCUT2D eigenvalue weighted by molar-refractivity contribution is 5.60. The zero-order valence-electron chi connectivity index (χ0n) is 15.1. The van der Waals surface area contributed by atoms with Crippen LogP contribution in [0.3, 0.4) is 0 Å². The van der Waals surface area contributed by atoms with Crippen LogP contribution in [0.4, 0.5) is 14.6 Å². The molecule has 1 saturated carbocycles. The van der Waals surface area contributed by atoms with E-state index < -0.39 is 17.4 Å². The van der Waals surface area contributed by atoms with Crippen molar-refractivity contribution in [3.05, 3.63) is 71.8 Å². The van der Waals surface area contributed by atoms with Gasteiger partial charge >= 0.3 is 0 Å². The summed E-state index contributed by atoms with van der Waals surface area (Å²) in [5.41, 5.74) is 1.95. The van der Waals surface area contributed by atoms with E-state index in [-0.39, 0.29) is 19.4 Å². The Morgan fingerprint density at radius 3 is 2.64 bits per heavy atom. The smallest absolute Gasteiger partial charge is 0.148 e. The number of aromatic nitrogens is 3. The number of hydrogen-bond acceptors (Lipinski definition) is 5. The van der Waals surface area contributed by atoms with Crippen LogP contribution in [-0.2, 0) is 12.0 Å². The Hall–Kier alpha value is -2.93. The van der Waals surface area contributed by atoms with Crippen molar-refractivity contribution in [1.82, 2.24) is 15.2 Å². The molecule has 1 aromatic carbocycles. The second-order valence-corrected chi connectivity index (χ2v) is 7.14. The largest absolute Gasteiger partial charge is 0.392 e. The Kier molecular flexibility index (Phi) is 5.00. The van der Waals surface area contributed by atoms with E-state index in [0.29, 0.717) is 23.8 Å². The van der Waals surface area contributed by atoms with E-state index in [0.717, 1.165) is 11.1 Å². The predicted octanol–water partition coefficient (Wildman–Crippen LogP) is 3.65. The lowest BCUT2D eigenvalue weighted by Gasteiger charge is -2.44. The molecule has 1 fully saturated rings. The van der Waals surface area contributed by atoms with E-state index in [9.17, 15) is 13.9 Å². The molecule has 2 heterocycles. The lowest BCUT2D eigenvalue weighted by atomic mass is 9.65. The Morgan fingerprint density at radius 1 is 1.11 bits per heavy atom. The van der Waals surface area contributed by atoms with Gasteiger partial charge in [0.15, 0.2) is 0 Å². The van der Waals surface area contributed by atoms with Crippen molar-refractivity contribution in [3.63, 3.8) is 0 Å². The van der Waals surface area contributed by atoms with Gasteiger partial charge in [0, 0.05) is 23.7 Å². The summed E-state index contributed by atoms with van der Waals surface area (Å²) in [6.07, 6.45) is 1.04. The summed E-state index contributed by atoms with van der Waals surface area (Å²) < 4.78 is 27.8. The minimum Gasteiger partial charge on any atom is -0.392 e. The quantitative estimate of drug-likeness (QED) is 0.681. The third kappa shape index (κ3) is 3.57. The Balaban J connectivity index is 1.49. The minimum atomic E-state index is -0.949. The van der Waals surface area contributed by atoms with Crippen LogP contribution in [0.5, 0.6) is 0 Å². The average molecular weight is 382 g/mol. The third-order valence-electron chi connectivity index (χ3n) is 5.16. The topological polar surface area (TPSA) is 70.9 Å². The van der Waals surface area contributed by atoms with Crippen LogP contribution < -0.4 is 5.32 Å². The van der Waals surface area contributed by atoms with E-state index in [1.54, 1.807) is 6.07 Å². The number of aliphatic hydroxyl groups excluding tert-OH is 1. The Bertz CT molecular complexity index is 959. The summed E-state index contributed by atoms with van der Waals surface area (Å²) in [6, 6.07) is 13.9. The molecule has 0 spiro atoms. The normalized spacial score (nSPS) is 21.2. The molecule has 1 aliphatic rings. The molecule has 0 unspecified atom stereocenters. The third-order valence-corrected chi connectivity index (χ3v) is 5.16. The minimum absolute atomic E-state index is 0.0391. The molecule has 0 aliphatic heterocycles. The molecule has 0 radical (unpaired) electrons. The van der Waals surface area contributed by atoms with Crippen LogP contribution in [0.25, 0.3) is 11.3 Å². The number of nitrogens with zero attached hydrogens (tertiary/aromatic N) is 3. The molecule has 0 atom stereocenters. The summed E-state index contributed by atoms with van der Waals surface area (Å²) in [5.74, 6) is 0.112. The van der Waals surface area contributed by atoms with Crippen LogP contribution in [-0.4, -0.2) is 33.0 Å². The standard InChI is InChI=1S/C21H20F2N4O/c22-16-10-21(11-16,20-17(23)5-2-8-24-20)13-25-19-7-6-18(26-27-19)15-4-1-3-14(9-15)12-28/h1-9,16,28H,10-13H2,(H,25,27)/t16-,21-. The maximum Gasteiger partial charge on any atom is 0.148 e. The molecule has 144 valence electrons. The number of rotatable bonds is 6. The zero-order chi connectivity index (χ0) is 19.6. The van der Waals surface area contributed by atoms with Crippen LogP contribution in [0.15, 0.2) is 54.7 Å². The van der Waals surface area contributed by atoms with Gasteiger partial charge in [-0.05, 0) is 48.7 Å². The number of nitrogens with one attached hydrogen (secondary N) is 1. The SMILES string of the molecule is OCc1cccc(-c2ccc(NC[C@]3(c4ncccc4F)C[C@H](F)C3)nn2)c1. The van der Waals surface area contributed by atoms with E-state index in [2.05, 4.69) is 20.5 Å². The zero-order valence-corrected chi connectivity index (χ0v) is 15.1. The lowest BCUT2D eigenvalue weighted by Crippen LogP contribution is -2.49. The van der Waals surface area contributed by atoms with Crippen molar-refractivity contribution in [2.24, 2.45) is 0 Å². The van der Waals surface area contributed by atoms with E-state index >= 15 is 0 Å². The van der Waals surface area contributed by atoms with Gasteiger partial charge in [0.05, 0.1) is 18.0 Å². The molecular weight excluding hydrogens is 362 g/mol. The summed E-state index contributed by atoms with van der Waals surface area (Å²) >= 11 is 0. The number of hydrogen-bond donors (Lipinski definition) is 2. The molecular formula is C21H20F2N4O. The molecule has 3 aromatic rings. The van der Waals surface area contributed by atoms with E-state index in [4.69, 9.17) is 0 Å². The van der Waals surface area contributed by atoms with Gasteiger partial charge in [-0.3, -0.25) is 4.98 Å². The fourth-order valence-corrected chi connectivity index (χ4v) is 3.65. The van der Waals surface area contributed by atoms with E-state index in [1.165, 1.54) is 18.3 Å². The molecule has 1 aliphatic carbocycles. The second-order valence-electron chi connectivity index (χ2n) is 7.14. The van der Waals surface area contributed by atoms with Crippen molar-refractivity contribution >= 4 is 5.82 Å². The van der Waals surface area contributed by atoms with Crippen molar-refractivity contribution < 1.29 is 13.9 Å². The number of halogens is 2. The molecule has 0 amide bonds. The number of benzene rings is 1. The number of alkyl halides is 1. The molecule has 0 bridgehead atoms. The van der Waals surface area contributed by atoms with Crippen molar-refractivity contribution in [1.29, 1.82) is 0 Å². The Labute approximate surface area is 161 Å². The molecule has 5 nitrogen and oxygen atoms in total. The Morgan fingerprint density at radius 2 is 1.96 bits per heavy atom. The average Bonchev–Trinajstić information content (AvgIpc) is 2.71. The van der Waals surface area contributed by atoms with Gasteiger partial charge in [0.2, 0.25) is 0 Å². The molecule has 2 aromatic heterocycles. The highest BCUT2D eigenvalue weighted by atomic mass is 19.1. The van der Waals surface area contributed by atoms with Gasteiger partial charge in [-0.25, -0.2) is 8.78 Å². The first kappa shape index (κ1) is 18.4. The maximum absolute atomic E-state index is 14.2. The number of pyridine rings is 1. The lowest BCUT2D eigenvalue weighted by molar-refractivity contribution is 0.0964. The predicted molar refractivity (Wildman–Crippen MR) is 102 cm³/mol. The molecule has 28 heavy (non-hydrogen) atoms. The van der Waals surface area contributed by atoms with Crippen molar-refractivity contribution in [2.75, 3.05) is 11.9 Å². The van der Waals surface area contributed by atoms with Gasteiger partial charge in [0.1, 0.15) is 17.8 Å². The molecule has 4 rings (SSSR count). The molecule has 2 N–H and O–H groups in total. The fraction of sp³-hybridized carbons (Fsp3) is 0.286. The maximum atomic E-state index is 14.2. The monoisotopic (exact) mass is 382 g/mol. The van der Waals surface area contributed by atoms with Gasteiger partial charge in [-0.2, -0.15) is 0 Å². The first-order valence-electron chi connectivity index (χ1n) is 9.12. The van der Waals surface area contributed by atoms with Gasteiger partial charge in [-0.1, -0.05) is 18.2 Å². The van der Waals surface area contributed by atoms with Crippen LogP contribution in [0, 0.1) is 5.82 Å². The first-order valence-corrected chi connectivity index (χ1v) is 9.12. The van der Waals surface area contributed by atoms with Crippen molar-refractivity contribution in [2.45, 2.75) is 31.0 Å². The second kappa shape index (κ2) is 7.59. The highest BCUT2D eigenvalue weighted by Gasteiger charge is 2.48. The summed E-state index contributed by atoms with van der Waals surface area (Å²) in [4.78, 5) is 4.15. The summed E-state index contributed by atoms with van der Waals surface area (Å²) in [5, 5.41) is 20.8. The van der Waals surface area contributed by atoms with Gasteiger partial charge in [0.25, 0.3) is 0 Å². The van der Waals surface area contributed by atoms with E-state index in [1.807, 2.05) is 30.3 Å². The highest BCUT2D eigenvalue weighted by Crippen LogP contribution is 2.45. The molecule has 0 saturated heterocycles. The number of anilines is 1. The fourth-order valence-electron chi connectivity index (χ4n) is 3.65. The van der Waals surface area contributed by atoms with Crippen LogP contribution in [0.1, 0.15) is 24.1 Å². The van der Waals surface area contributed by atoms with Crippen LogP contribution in [0.2, 0.25) is 0 Å².